The van der Waals surface area contributed by atoms with Crippen LogP contribution in [0.1, 0.15) is 42.6 Å². The molecule has 0 aliphatic carbocycles. The van der Waals surface area contributed by atoms with E-state index >= 15 is 0 Å². The lowest BCUT2D eigenvalue weighted by molar-refractivity contribution is 0.0775. The largest absolute Gasteiger partial charge is 0.464 e. The molecule has 0 radical (unpaired) electrons. The zero-order valence-corrected chi connectivity index (χ0v) is 14.7. The van der Waals surface area contributed by atoms with Crippen LogP contribution in [0, 0.1) is 6.92 Å². The molecule has 0 saturated carbocycles. The highest BCUT2D eigenvalue weighted by atomic mass is 16.3. The highest BCUT2D eigenvalue weighted by Crippen LogP contribution is 2.19. The minimum Gasteiger partial charge on any atom is -0.464 e. The summed E-state index contributed by atoms with van der Waals surface area (Å²) >= 11 is 0. The van der Waals surface area contributed by atoms with E-state index in [0.29, 0.717) is 18.2 Å². The number of anilines is 1. The van der Waals surface area contributed by atoms with Crippen molar-refractivity contribution in [3.05, 3.63) is 53.5 Å². The molecule has 0 N–H and O–H groups in total. The Morgan fingerprint density at radius 3 is 2.26 bits per heavy atom. The van der Waals surface area contributed by atoms with E-state index in [1.54, 1.807) is 11.9 Å². The van der Waals surface area contributed by atoms with Gasteiger partial charge in [0.15, 0.2) is 0 Å². The molecule has 0 atom stereocenters. The van der Waals surface area contributed by atoms with Crippen molar-refractivity contribution in [3.63, 3.8) is 0 Å². The number of amides is 1. The zero-order valence-electron chi connectivity index (χ0n) is 14.7. The maximum Gasteiger partial charge on any atom is 0.254 e. The molecule has 1 heterocycles. The molecule has 1 amide bonds. The second kappa shape index (κ2) is 7.36. The number of aryl methyl sites for hydroxylation is 1. The molecule has 0 bridgehead atoms. The molecule has 1 aromatic carbocycles. The fraction of sp³-hybridized carbons (Fsp3) is 0.421. The Balaban J connectivity index is 2.07. The Hall–Kier alpha value is -2.23. The number of furan rings is 1. The molecular weight excluding hydrogens is 288 g/mol. The van der Waals surface area contributed by atoms with E-state index in [1.165, 1.54) is 0 Å². The van der Waals surface area contributed by atoms with Crippen molar-refractivity contribution in [3.8, 4) is 0 Å². The van der Waals surface area contributed by atoms with Crippen LogP contribution in [-0.2, 0) is 6.54 Å². The van der Waals surface area contributed by atoms with Gasteiger partial charge in [0.25, 0.3) is 5.91 Å². The number of carbonyl (C=O) groups excluding carboxylic acids is 1. The van der Waals surface area contributed by atoms with Crippen molar-refractivity contribution in [2.75, 3.05) is 18.5 Å². The monoisotopic (exact) mass is 314 g/mol. The molecule has 1 aromatic heterocycles. The minimum absolute atomic E-state index is 0.00167. The van der Waals surface area contributed by atoms with Gasteiger partial charge >= 0.3 is 0 Å². The number of hydrogen-bond acceptors (Lipinski definition) is 3. The van der Waals surface area contributed by atoms with Crippen LogP contribution in [0.3, 0.4) is 0 Å². The Morgan fingerprint density at radius 2 is 1.78 bits per heavy atom. The van der Waals surface area contributed by atoms with Gasteiger partial charge in [0.2, 0.25) is 0 Å². The first-order valence-electron chi connectivity index (χ1n) is 8.09. The first-order valence-corrected chi connectivity index (χ1v) is 8.09. The summed E-state index contributed by atoms with van der Waals surface area (Å²) in [6.45, 7) is 9.80. The Labute approximate surface area is 138 Å². The molecule has 0 unspecified atom stereocenters. The van der Waals surface area contributed by atoms with Gasteiger partial charge in [-0.25, -0.2) is 0 Å². The van der Waals surface area contributed by atoms with E-state index in [0.717, 1.165) is 23.8 Å². The van der Waals surface area contributed by atoms with E-state index in [4.69, 9.17) is 4.42 Å². The number of rotatable bonds is 6. The topological polar surface area (TPSA) is 36.7 Å². The minimum atomic E-state index is -0.00167. The summed E-state index contributed by atoms with van der Waals surface area (Å²) in [5.74, 6) is 1.66. The number of carbonyl (C=O) groups is 1. The van der Waals surface area contributed by atoms with Crippen molar-refractivity contribution < 1.29 is 9.21 Å². The average Bonchev–Trinajstić information content (AvgIpc) is 2.92. The first-order chi connectivity index (χ1) is 10.9. The van der Waals surface area contributed by atoms with Crippen LogP contribution in [0.25, 0.3) is 0 Å². The average molecular weight is 314 g/mol. The lowest BCUT2D eigenvalue weighted by atomic mass is 10.1. The van der Waals surface area contributed by atoms with E-state index in [2.05, 4.69) is 25.7 Å². The maximum atomic E-state index is 12.5. The number of benzene rings is 1. The fourth-order valence-electron chi connectivity index (χ4n) is 2.74. The summed E-state index contributed by atoms with van der Waals surface area (Å²) in [5, 5.41) is 0. The molecule has 0 saturated heterocycles. The fourth-order valence-corrected chi connectivity index (χ4v) is 2.74. The Kier molecular flexibility index (Phi) is 5.48. The first kappa shape index (κ1) is 17.1. The second-order valence-electron chi connectivity index (χ2n) is 6.10. The molecule has 23 heavy (non-hydrogen) atoms. The lowest BCUT2D eigenvalue weighted by Gasteiger charge is -2.27. The van der Waals surface area contributed by atoms with Crippen LogP contribution in [0.5, 0.6) is 0 Å². The molecular formula is C19H26N2O2. The summed E-state index contributed by atoms with van der Waals surface area (Å²) in [6, 6.07) is 12.1. The molecule has 4 nitrogen and oxygen atoms in total. The standard InChI is InChI=1S/C19H26N2O2/c1-6-21(14(2)3)17-10-8-16(9-11-17)19(22)20(5)13-18-12-7-15(4)23-18/h7-12,14H,6,13H2,1-5H3. The summed E-state index contributed by atoms with van der Waals surface area (Å²) in [6.07, 6.45) is 0. The van der Waals surface area contributed by atoms with Crippen molar-refractivity contribution in [1.29, 1.82) is 0 Å². The predicted octanol–water partition coefficient (Wildman–Crippen LogP) is 4.09. The maximum absolute atomic E-state index is 12.5. The molecule has 4 heteroatoms. The van der Waals surface area contributed by atoms with Gasteiger partial charge in [0.1, 0.15) is 11.5 Å². The Morgan fingerprint density at radius 1 is 1.13 bits per heavy atom. The summed E-state index contributed by atoms with van der Waals surface area (Å²) in [7, 11) is 1.79. The molecule has 2 aromatic rings. The van der Waals surface area contributed by atoms with E-state index in [-0.39, 0.29) is 5.91 Å². The third-order valence-electron chi connectivity index (χ3n) is 3.95. The number of hydrogen-bond donors (Lipinski definition) is 0. The highest BCUT2D eigenvalue weighted by Gasteiger charge is 2.15. The molecule has 124 valence electrons. The zero-order chi connectivity index (χ0) is 17.0. The van der Waals surface area contributed by atoms with E-state index < -0.39 is 0 Å². The van der Waals surface area contributed by atoms with Crippen molar-refractivity contribution in [2.24, 2.45) is 0 Å². The SMILES string of the molecule is CCN(c1ccc(C(=O)N(C)Cc2ccc(C)o2)cc1)C(C)C. The summed E-state index contributed by atoms with van der Waals surface area (Å²) < 4.78 is 5.53. The summed E-state index contributed by atoms with van der Waals surface area (Å²) in [4.78, 5) is 16.5. The van der Waals surface area contributed by atoms with Crippen LogP contribution in [0.2, 0.25) is 0 Å². The van der Waals surface area contributed by atoms with E-state index in [9.17, 15) is 4.79 Å². The van der Waals surface area contributed by atoms with Gasteiger partial charge in [0, 0.05) is 30.9 Å². The van der Waals surface area contributed by atoms with Crippen LogP contribution in [-0.4, -0.2) is 30.4 Å². The third-order valence-corrected chi connectivity index (χ3v) is 3.95. The van der Waals surface area contributed by atoms with Gasteiger partial charge in [-0.2, -0.15) is 0 Å². The van der Waals surface area contributed by atoms with E-state index in [1.807, 2.05) is 43.3 Å². The normalized spacial score (nSPS) is 10.9. The van der Waals surface area contributed by atoms with Gasteiger partial charge in [0.05, 0.1) is 6.54 Å². The predicted molar refractivity (Wildman–Crippen MR) is 93.8 cm³/mol. The van der Waals surface area contributed by atoms with Gasteiger partial charge in [-0.05, 0) is 64.1 Å². The number of nitrogens with zero attached hydrogens (tertiary/aromatic N) is 2. The van der Waals surface area contributed by atoms with Gasteiger partial charge in [-0.3, -0.25) is 4.79 Å². The summed E-state index contributed by atoms with van der Waals surface area (Å²) in [5.41, 5.74) is 1.84. The molecule has 0 spiro atoms. The van der Waals surface area contributed by atoms with Crippen LogP contribution < -0.4 is 4.90 Å². The Bertz CT molecular complexity index is 644. The highest BCUT2D eigenvalue weighted by molar-refractivity contribution is 5.94. The lowest BCUT2D eigenvalue weighted by Crippen LogP contribution is -2.30. The second-order valence-corrected chi connectivity index (χ2v) is 6.10. The van der Waals surface area contributed by atoms with Crippen molar-refractivity contribution >= 4 is 11.6 Å². The van der Waals surface area contributed by atoms with Crippen molar-refractivity contribution in [2.45, 2.75) is 40.3 Å². The van der Waals surface area contributed by atoms with Crippen molar-refractivity contribution in [1.82, 2.24) is 4.90 Å². The quantitative estimate of drug-likeness (QED) is 0.805. The smallest absolute Gasteiger partial charge is 0.254 e. The molecule has 0 aliphatic heterocycles. The van der Waals surface area contributed by atoms with Crippen LogP contribution >= 0.6 is 0 Å². The third kappa shape index (κ3) is 4.15. The van der Waals surface area contributed by atoms with Crippen LogP contribution in [0.15, 0.2) is 40.8 Å². The molecule has 0 aliphatic rings. The van der Waals surface area contributed by atoms with Gasteiger partial charge in [-0.1, -0.05) is 0 Å². The molecule has 2 rings (SSSR count). The molecule has 0 fully saturated rings. The van der Waals surface area contributed by atoms with Gasteiger partial charge in [-0.15, -0.1) is 0 Å². The van der Waals surface area contributed by atoms with Gasteiger partial charge < -0.3 is 14.2 Å². The van der Waals surface area contributed by atoms with Crippen LogP contribution in [0.4, 0.5) is 5.69 Å².